The number of carbonyl (C=O) groups is 1. The van der Waals surface area contributed by atoms with Crippen molar-refractivity contribution in [1.82, 2.24) is 0 Å². The molecule has 1 aliphatic heterocycles. The maximum absolute atomic E-state index is 11.8. The minimum absolute atomic E-state index is 0.239. The third kappa shape index (κ3) is 1.97. The van der Waals surface area contributed by atoms with Gasteiger partial charge in [-0.3, -0.25) is 0 Å². The van der Waals surface area contributed by atoms with Gasteiger partial charge in [0.15, 0.2) is 6.10 Å². The van der Waals surface area contributed by atoms with Gasteiger partial charge in [-0.1, -0.05) is 30.3 Å². The number of ether oxygens (including phenoxy) is 1. The molecule has 0 aromatic heterocycles. The Morgan fingerprint density at radius 1 is 1.00 bits per heavy atom. The molecule has 1 heterocycles. The van der Waals surface area contributed by atoms with Gasteiger partial charge in [0, 0.05) is 25.3 Å². The maximum atomic E-state index is 11.8. The van der Waals surface area contributed by atoms with E-state index in [9.17, 15) is 4.79 Å². The Bertz CT molecular complexity index is 617. The fourth-order valence-corrected chi connectivity index (χ4v) is 2.34. The zero-order valence-electron chi connectivity index (χ0n) is 11.0. The molecule has 0 radical (unpaired) electrons. The molecular formula is C16H15NO2. The Balaban J connectivity index is 1.98. The highest BCUT2D eigenvalue weighted by molar-refractivity contribution is 5.94. The summed E-state index contributed by atoms with van der Waals surface area (Å²) in [5, 5.41) is 0. The molecule has 0 fully saturated rings. The van der Waals surface area contributed by atoms with Gasteiger partial charge >= 0.3 is 5.97 Å². The van der Waals surface area contributed by atoms with Gasteiger partial charge in [-0.05, 0) is 23.8 Å². The molecule has 0 saturated carbocycles. The number of cyclic esters (lactones) is 1. The van der Waals surface area contributed by atoms with Crippen LogP contribution in [0.5, 0.6) is 0 Å². The van der Waals surface area contributed by atoms with Crippen LogP contribution in [0, 0.1) is 0 Å². The molecule has 96 valence electrons. The number of hydrogen-bond acceptors (Lipinski definition) is 3. The summed E-state index contributed by atoms with van der Waals surface area (Å²) in [7, 11) is 4.00. The molecule has 2 aromatic rings. The van der Waals surface area contributed by atoms with E-state index < -0.39 is 0 Å². The van der Waals surface area contributed by atoms with Gasteiger partial charge < -0.3 is 9.64 Å². The minimum atomic E-state index is -0.278. The minimum Gasteiger partial charge on any atom is -0.449 e. The van der Waals surface area contributed by atoms with Crippen LogP contribution in [-0.2, 0) is 4.74 Å². The largest absolute Gasteiger partial charge is 0.449 e. The molecule has 1 atom stereocenters. The predicted octanol–water partition coefficient (Wildman–Crippen LogP) is 3.01. The summed E-state index contributed by atoms with van der Waals surface area (Å²) < 4.78 is 5.47. The number of rotatable bonds is 2. The van der Waals surface area contributed by atoms with E-state index in [-0.39, 0.29) is 12.1 Å². The van der Waals surface area contributed by atoms with Crippen molar-refractivity contribution in [2.75, 3.05) is 19.0 Å². The zero-order valence-corrected chi connectivity index (χ0v) is 11.0. The van der Waals surface area contributed by atoms with Gasteiger partial charge in [-0.2, -0.15) is 0 Å². The van der Waals surface area contributed by atoms with Crippen molar-refractivity contribution in [1.29, 1.82) is 0 Å². The lowest BCUT2D eigenvalue weighted by Crippen LogP contribution is -2.08. The Labute approximate surface area is 112 Å². The van der Waals surface area contributed by atoms with E-state index in [4.69, 9.17) is 4.74 Å². The molecule has 2 aromatic carbocycles. The van der Waals surface area contributed by atoms with Crippen molar-refractivity contribution in [3.05, 3.63) is 65.2 Å². The zero-order chi connectivity index (χ0) is 13.4. The molecule has 3 nitrogen and oxygen atoms in total. The highest BCUT2D eigenvalue weighted by Crippen LogP contribution is 2.35. The summed E-state index contributed by atoms with van der Waals surface area (Å²) in [5.74, 6) is -0.239. The SMILES string of the molecule is CN(C)c1ccc(C2OC(=O)c3ccccc32)cc1. The number of anilines is 1. The molecule has 0 amide bonds. The first-order valence-electron chi connectivity index (χ1n) is 6.24. The second kappa shape index (κ2) is 4.43. The average Bonchev–Trinajstić information content (AvgIpc) is 2.77. The third-order valence-corrected chi connectivity index (χ3v) is 3.40. The molecule has 1 aliphatic rings. The van der Waals surface area contributed by atoms with Crippen molar-refractivity contribution in [2.45, 2.75) is 6.10 Å². The normalized spacial score (nSPS) is 16.9. The van der Waals surface area contributed by atoms with Crippen molar-refractivity contribution < 1.29 is 9.53 Å². The van der Waals surface area contributed by atoms with Crippen LogP contribution in [0.1, 0.15) is 27.6 Å². The molecule has 0 spiro atoms. The van der Waals surface area contributed by atoms with Crippen LogP contribution in [0.15, 0.2) is 48.5 Å². The summed E-state index contributed by atoms with van der Waals surface area (Å²) in [5.41, 5.74) is 3.75. The van der Waals surface area contributed by atoms with Crippen LogP contribution in [0.25, 0.3) is 0 Å². The predicted molar refractivity (Wildman–Crippen MR) is 74.5 cm³/mol. The summed E-state index contributed by atoms with van der Waals surface area (Å²) >= 11 is 0. The fraction of sp³-hybridized carbons (Fsp3) is 0.188. The number of hydrogen-bond donors (Lipinski definition) is 0. The summed E-state index contributed by atoms with van der Waals surface area (Å²) in [6, 6.07) is 15.6. The number of esters is 1. The van der Waals surface area contributed by atoms with E-state index in [2.05, 4.69) is 0 Å². The van der Waals surface area contributed by atoms with Crippen LogP contribution < -0.4 is 4.90 Å². The summed E-state index contributed by atoms with van der Waals surface area (Å²) in [6.07, 6.45) is -0.278. The molecular weight excluding hydrogens is 238 g/mol. The van der Waals surface area contributed by atoms with Crippen LogP contribution >= 0.6 is 0 Å². The first-order valence-corrected chi connectivity index (χ1v) is 6.24. The average molecular weight is 253 g/mol. The van der Waals surface area contributed by atoms with Crippen LogP contribution in [0.3, 0.4) is 0 Å². The topological polar surface area (TPSA) is 29.5 Å². The Morgan fingerprint density at radius 3 is 2.37 bits per heavy atom. The van der Waals surface area contributed by atoms with Crippen LogP contribution in [0.2, 0.25) is 0 Å². The lowest BCUT2D eigenvalue weighted by atomic mass is 9.99. The van der Waals surface area contributed by atoms with Crippen LogP contribution in [0.4, 0.5) is 5.69 Å². The second-order valence-electron chi connectivity index (χ2n) is 4.86. The van der Waals surface area contributed by atoms with E-state index in [0.29, 0.717) is 5.56 Å². The highest BCUT2D eigenvalue weighted by atomic mass is 16.5. The quantitative estimate of drug-likeness (QED) is 0.770. The number of carbonyl (C=O) groups excluding carboxylic acids is 1. The van der Waals surface area contributed by atoms with Crippen molar-refractivity contribution in [3.63, 3.8) is 0 Å². The molecule has 3 heteroatoms. The number of fused-ring (bicyclic) bond motifs is 1. The van der Waals surface area contributed by atoms with Gasteiger partial charge in [0.2, 0.25) is 0 Å². The third-order valence-electron chi connectivity index (χ3n) is 3.40. The lowest BCUT2D eigenvalue weighted by Gasteiger charge is -2.15. The molecule has 0 saturated heterocycles. The molecule has 0 bridgehead atoms. The molecule has 0 aliphatic carbocycles. The second-order valence-corrected chi connectivity index (χ2v) is 4.86. The molecule has 0 N–H and O–H groups in total. The van der Waals surface area contributed by atoms with Crippen molar-refractivity contribution in [2.24, 2.45) is 0 Å². The number of nitrogens with zero attached hydrogens (tertiary/aromatic N) is 1. The highest BCUT2D eigenvalue weighted by Gasteiger charge is 2.31. The van der Waals surface area contributed by atoms with E-state index in [1.807, 2.05) is 67.5 Å². The summed E-state index contributed by atoms with van der Waals surface area (Å²) in [4.78, 5) is 13.8. The molecule has 3 rings (SSSR count). The Morgan fingerprint density at radius 2 is 1.68 bits per heavy atom. The monoisotopic (exact) mass is 253 g/mol. The number of benzene rings is 2. The van der Waals surface area contributed by atoms with Crippen molar-refractivity contribution >= 4 is 11.7 Å². The van der Waals surface area contributed by atoms with Crippen molar-refractivity contribution in [3.8, 4) is 0 Å². The van der Waals surface area contributed by atoms with E-state index >= 15 is 0 Å². The van der Waals surface area contributed by atoms with Gasteiger partial charge in [-0.25, -0.2) is 4.79 Å². The summed E-state index contributed by atoms with van der Waals surface area (Å²) in [6.45, 7) is 0. The van der Waals surface area contributed by atoms with Gasteiger partial charge in [0.05, 0.1) is 5.56 Å². The van der Waals surface area contributed by atoms with E-state index in [1.54, 1.807) is 0 Å². The standard InChI is InChI=1S/C16H15NO2/c1-17(2)12-9-7-11(8-10-12)15-13-5-3-4-6-14(13)16(18)19-15/h3-10,15H,1-2H3. The smallest absolute Gasteiger partial charge is 0.339 e. The first-order chi connectivity index (χ1) is 9.16. The lowest BCUT2D eigenvalue weighted by molar-refractivity contribution is 0.0456. The molecule has 19 heavy (non-hydrogen) atoms. The Hall–Kier alpha value is -2.29. The fourth-order valence-electron chi connectivity index (χ4n) is 2.34. The maximum Gasteiger partial charge on any atom is 0.339 e. The van der Waals surface area contributed by atoms with Gasteiger partial charge in [0.25, 0.3) is 0 Å². The Kier molecular flexibility index (Phi) is 2.75. The van der Waals surface area contributed by atoms with Gasteiger partial charge in [0.1, 0.15) is 0 Å². The van der Waals surface area contributed by atoms with E-state index in [0.717, 1.165) is 16.8 Å². The molecule has 1 unspecified atom stereocenters. The first kappa shape index (κ1) is 11.8. The van der Waals surface area contributed by atoms with E-state index in [1.165, 1.54) is 0 Å². The van der Waals surface area contributed by atoms with Crippen LogP contribution in [-0.4, -0.2) is 20.1 Å². The van der Waals surface area contributed by atoms with Gasteiger partial charge in [-0.15, -0.1) is 0 Å².